The number of hydrogen-bond donors (Lipinski definition) is 1. The fourth-order valence-corrected chi connectivity index (χ4v) is 2.36. The molecule has 0 aliphatic rings. The first-order valence-corrected chi connectivity index (χ1v) is 5.98. The Morgan fingerprint density at radius 2 is 1.93 bits per heavy atom. The maximum atomic E-state index is 11.3. The summed E-state index contributed by atoms with van der Waals surface area (Å²) in [6.45, 7) is 0. The molecule has 1 aromatic carbocycles. The summed E-state index contributed by atoms with van der Waals surface area (Å²) in [6.07, 6.45) is 1.44. The van der Waals surface area contributed by atoms with Crippen LogP contribution in [0.3, 0.4) is 0 Å². The van der Waals surface area contributed by atoms with E-state index in [0.717, 1.165) is 0 Å². The zero-order chi connectivity index (χ0) is 11.1. The molecule has 2 rings (SSSR count). The summed E-state index contributed by atoms with van der Waals surface area (Å²) < 4.78 is 22.5. The summed E-state index contributed by atoms with van der Waals surface area (Å²) in [5.41, 5.74) is 0. The Bertz CT molecular complexity index is 625. The molecule has 6 heteroatoms. The topological polar surface area (TPSA) is 73.1 Å². The van der Waals surface area contributed by atoms with E-state index in [1.165, 1.54) is 12.3 Å². The highest BCUT2D eigenvalue weighted by atomic mass is 35.5. The van der Waals surface area contributed by atoms with Crippen LogP contribution < -0.4 is 5.14 Å². The van der Waals surface area contributed by atoms with Crippen molar-refractivity contribution in [1.29, 1.82) is 0 Å². The lowest BCUT2D eigenvalue weighted by molar-refractivity contribution is 0.598. The van der Waals surface area contributed by atoms with Gasteiger partial charge in [-0.05, 0) is 12.1 Å². The van der Waals surface area contributed by atoms with Crippen molar-refractivity contribution >= 4 is 32.4 Å². The van der Waals surface area contributed by atoms with E-state index in [1.54, 1.807) is 18.2 Å². The minimum absolute atomic E-state index is 0.0595. The monoisotopic (exact) mass is 242 g/mol. The van der Waals surface area contributed by atoms with Crippen LogP contribution in [-0.4, -0.2) is 13.4 Å². The molecule has 2 N–H and O–H groups in total. The molecule has 0 unspecified atom stereocenters. The number of nitrogens with zero attached hydrogens (tertiary/aromatic N) is 1. The molecule has 0 amide bonds. The van der Waals surface area contributed by atoms with Crippen molar-refractivity contribution in [1.82, 2.24) is 4.98 Å². The summed E-state index contributed by atoms with van der Waals surface area (Å²) in [6, 6.07) is 6.28. The molecule has 78 valence electrons. The van der Waals surface area contributed by atoms with Crippen LogP contribution in [0.2, 0.25) is 5.15 Å². The first-order valence-electron chi connectivity index (χ1n) is 4.06. The van der Waals surface area contributed by atoms with Gasteiger partial charge in [0.15, 0.2) is 0 Å². The number of pyridine rings is 1. The molecule has 0 radical (unpaired) electrons. The minimum atomic E-state index is -3.73. The Kier molecular flexibility index (Phi) is 2.38. The number of rotatable bonds is 1. The number of hydrogen-bond acceptors (Lipinski definition) is 3. The van der Waals surface area contributed by atoms with E-state index in [9.17, 15) is 8.42 Å². The molecule has 1 heterocycles. The quantitative estimate of drug-likeness (QED) is 0.771. The van der Waals surface area contributed by atoms with Gasteiger partial charge in [-0.15, -0.1) is 0 Å². The van der Waals surface area contributed by atoms with Gasteiger partial charge < -0.3 is 0 Å². The van der Waals surface area contributed by atoms with Gasteiger partial charge in [0.2, 0.25) is 10.0 Å². The van der Waals surface area contributed by atoms with Gasteiger partial charge in [0.1, 0.15) is 5.15 Å². The second-order valence-corrected chi connectivity index (χ2v) is 4.89. The summed E-state index contributed by atoms with van der Waals surface area (Å²) in [5.74, 6) is 0. The molecule has 15 heavy (non-hydrogen) atoms. The van der Waals surface area contributed by atoms with E-state index in [0.29, 0.717) is 10.8 Å². The zero-order valence-corrected chi connectivity index (χ0v) is 9.09. The van der Waals surface area contributed by atoms with Gasteiger partial charge in [-0.2, -0.15) is 0 Å². The molecule has 0 saturated heterocycles. The minimum Gasteiger partial charge on any atom is -0.244 e. The molecule has 0 saturated carbocycles. The number of primary sulfonamides is 1. The summed E-state index contributed by atoms with van der Waals surface area (Å²) in [4.78, 5) is 3.92. The maximum absolute atomic E-state index is 11.3. The van der Waals surface area contributed by atoms with Gasteiger partial charge >= 0.3 is 0 Å². The lowest BCUT2D eigenvalue weighted by atomic mass is 10.2. The Morgan fingerprint density at radius 3 is 2.60 bits per heavy atom. The van der Waals surface area contributed by atoms with Crippen LogP contribution in [0.15, 0.2) is 35.4 Å². The number of sulfonamides is 1. The third-order valence-corrected chi connectivity index (χ3v) is 3.29. The van der Waals surface area contributed by atoms with Gasteiger partial charge in [-0.3, -0.25) is 0 Å². The van der Waals surface area contributed by atoms with Crippen molar-refractivity contribution in [2.24, 2.45) is 5.14 Å². The van der Waals surface area contributed by atoms with E-state index < -0.39 is 10.0 Å². The standard InChI is InChI=1S/C9H7ClN2O2S/c10-9-7-2-1-3-8(15(11,13)14)6(7)4-5-12-9/h1-5H,(H2,11,13,14). The van der Waals surface area contributed by atoms with E-state index in [2.05, 4.69) is 4.98 Å². The lowest BCUT2D eigenvalue weighted by Crippen LogP contribution is -2.12. The van der Waals surface area contributed by atoms with Crippen molar-refractivity contribution in [2.75, 3.05) is 0 Å². The van der Waals surface area contributed by atoms with Crippen molar-refractivity contribution in [3.8, 4) is 0 Å². The number of halogens is 1. The molecule has 2 aromatic rings. The molecule has 0 aliphatic carbocycles. The molecular formula is C9H7ClN2O2S. The fraction of sp³-hybridized carbons (Fsp3) is 0. The van der Waals surface area contributed by atoms with Gasteiger partial charge in [0, 0.05) is 17.0 Å². The highest BCUT2D eigenvalue weighted by Gasteiger charge is 2.12. The average Bonchev–Trinajstić information content (AvgIpc) is 2.16. The molecule has 0 fully saturated rings. The first-order chi connectivity index (χ1) is 7.00. The summed E-state index contributed by atoms with van der Waals surface area (Å²) in [5, 5.41) is 6.40. The van der Waals surface area contributed by atoms with E-state index in [-0.39, 0.29) is 10.0 Å². The third-order valence-electron chi connectivity index (χ3n) is 2.02. The lowest BCUT2D eigenvalue weighted by Gasteiger charge is -2.04. The summed E-state index contributed by atoms with van der Waals surface area (Å²) >= 11 is 5.83. The average molecular weight is 243 g/mol. The molecule has 0 spiro atoms. The highest BCUT2D eigenvalue weighted by molar-refractivity contribution is 7.89. The second-order valence-electron chi connectivity index (χ2n) is 3.00. The summed E-state index contributed by atoms with van der Waals surface area (Å²) in [7, 11) is -3.73. The third kappa shape index (κ3) is 1.81. The molecule has 0 bridgehead atoms. The van der Waals surface area contributed by atoms with Crippen molar-refractivity contribution < 1.29 is 8.42 Å². The van der Waals surface area contributed by atoms with Gasteiger partial charge in [0.05, 0.1) is 4.90 Å². The van der Waals surface area contributed by atoms with Crippen LogP contribution in [0.25, 0.3) is 10.8 Å². The Balaban J connectivity index is 2.96. The van der Waals surface area contributed by atoms with Crippen LogP contribution in [0.4, 0.5) is 0 Å². The predicted octanol–water partition coefficient (Wildman–Crippen LogP) is 1.54. The smallest absolute Gasteiger partial charge is 0.238 e. The van der Waals surface area contributed by atoms with Crippen LogP contribution in [-0.2, 0) is 10.0 Å². The molecule has 0 atom stereocenters. The van der Waals surface area contributed by atoms with Crippen molar-refractivity contribution in [3.05, 3.63) is 35.6 Å². The Hall–Kier alpha value is -1.17. The molecule has 1 aromatic heterocycles. The van der Waals surface area contributed by atoms with Crippen LogP contribution >= 0.6 is 11.6 Å². The second kappa shape index (κ2) is 3.44. The van der Waals surface area contributed by atoms with Gasteiger partial charge in [-0.1, -0.05) is 23.7 Å². The number of benzene rings is 1. The van der Waals surface area contributed by atoms with E-state index in [1.807, 2.05) is 0 Å². The maximum Gasteiger partial charge on any atom is 0.238 e. The number of nitrogens with two attached hydrogens (primary N) is 1. The molecular weight excluding hydrogens is 236 g/mol. The van der Waals surface area contributed by atoms with Crippen LogP contribution in [0.1, 0.15) is 0 Å². The first kappa shape index (κ1) is 10.4. The molecule has 4 nitrogen and oxygen atoms in total. The number of fused-ring (bicyclic) bond motifs is 1. The SMILES string of the molecule is NS(=O)(=O)c1cccc2c(Cl)nccc12. The van der Waals surface area contributed by atoms with Crippen LogP contribution in [0, 0.1) is 0 Å². The predicted molar refractivity (Wildman–Crippen MR) is 58.1 cm³/mol. The fourth-order valence-electron chi connectivity index (χ4n) is 1.39. The van der Waals surface area contributed by atoms with Crippen molar-refractivity contribution in [3.63, 3.8) is 0 Å². The zero-order valence-electron chi connectivity index (χ0n) is 7.51. The van der Waals surface area contributed by atoms with Crippen LogP contribution in [0.5, 0.6) is 0 Å². The highest BCUT2D eigenvalue weighted by Crippen LogP contribution is 2.25. The van der Waals surface area contributed by atoms with Crippen molar-refractivity contribution in [2.45, 2.75) is 4.90 Å². The number of aromatic nitrogens is 1. The molecule has 0 aliphatic heterocycles. The Labute approximate surface area is 91.7 Å². The van der Waals surface area contributed by atoms with E-state index >= 15 is 0 Å². The van der Waals surface area contributed by atoms with Gasteiger partial charge in [-0.25, -0.2) is 18.5 Å². The van der Waals surface area contributed by atoms with E-state index in [4.69, 9.17) is 16.7 Å². The largest absolute Gasteiger partial charge is 0.244 e. The Morgan fingerprint density at radius 1 is 1.20 bits per heavy atom. The normalized spacial score (nSPS) is 11.9. The van der Waals surface area contributed by atoms with Gasteiger partial charge in [0.25, 0.3) is 0 Å².